The molecule has 0 aliphatic heterocycles. The van der Waals surface area contributed by atoms with E-state index in [-0.39, 0.29) is 23.1 Å². The molecular weight excluding hydrogens is 601 g/mol. The summed E-state index contributed by atoms with van der Waals surface area (Å²) in [6, 6.07) is 32.4. The minimum absolute atomic E-state index is 0.0708. The third-order valence-electron chi connectivity index (χ3n) is 6.39. The molecule has 0 fully saturated rings. The van der Waals surface area contributed by atoms with Crippen molar-refractivity contribution < 1.29 is 9.59 Å². The maximum atomic E-state index is 12.7. The summed E-state index contributed by atoms with van der Waals surface area (Å²) in [6.45, 7) is 1.39. The lowest BCUT2D eigenvalue weighted by atomic mass is 10.2. The largest absolute Gasteiger partial charge is 0.379 e. The zero-order valence-electron chi connectivity index (χ0n) is 22.4. The van der Waals surface area contributed by atoms with E-state index in [2.05, 4.69) is 34.9 Å². The van der Waals surface area contributed by atoms with Gasteiger partial charge in [0, 0.05) is 25.9 Å². The fraction of sp³-hybridized carbons (Fsp3) is 0.125. The average Bonchev–Trinajstić information content (AvgIpc) is 3.62. The van der Waals surface area contributed by atoms with Crippen LogP contribution in [0.4, 0.5) is 11.4 Å². The van der Waals surface area contributed by atoms with E-state index >= 15 is 0 Å². The molecule has 0 radical (unpaired) electrons. The molecule has 2 heterocycles. The average molecular weight is 627 g/mol. The number of fused-ring (bicyclic) bond motifs is 2. The Morgan fingerprint density at radius 1 is 0.571 bits per heavy atom. The lowest BCUT2D eigenvalue weighted by Gasteiger charge is -2.06. The Labute approximate surface area is 260 Å². The molecule has 0 aliphatic carbocycles. The van der Waals surface area contributed by atoms with Crippen molar-refractivity contribution in [2.24, 2.45) is 0 Å². The molecule has 6 nitrogen and oxygen atoms in total. The summed E-state index contributed by atoms with van der Waals surface area (Å²) in [4.78, 5) is 34.9. The normalized spacial score (nSPS) is 11.1. The molecule has 0 spiro atoms. The van der Waals surface area contributed by atoms with Crippen molar-refractivity contribution in [1.29, 1.82) is 0 Å². The Bertz CT molecular complexity index is 1700. The molecule has 0 bridgehead atoms. The highest BCUT2D eigenvalue weighted by Crippen LogP contribution is 2.36. The van der Waals surface area contributed by atoms with E-state index in [0.29, 0.717) is 21.8 Å². The smallest absolute Gasteiger partial charge is 0.196 e. The SMILES string of the molecule is O=C(CCC(=O)Sc1nc2c(NCc3ccccc3)cccc2s1)Sc1nc2c(NCc3ccccc3)cccc2s1. The second kappa shape index (κ2) is 13.5. The summed E-state index contributed by atoms with van der Waals surface area (Å²) in [6.07, 6.45) is 0.306. The molecule has 0 saturated heterocycles. The predicted octanol–water partition coefficient (Wildman–Crippen LogP) is 8.85. The number of nitrogens with zero attached hydrogens (tertiary/aromatic N) is 2. The van der Waals surface area contributed by atoms with E-state index in [0.717, 1.165) is 55.3 Å². The van der Waals surface area contributed by atoms with Gasteiger partial charge in [-0.3, -0.25) is 9.59 Å². The highest BCUT2D eigenvalue weighted by molar-refractivity contribution is 8.15. The van der Waals surface area contributed by atoms with Gasteiger partial charge in [0.15, 0.2) is 18.9 Å². The molecule has 2 N–H and O–H groups in total. The lowest BCUT2D eigenvalue weighted by Crippen LogP contribution is -2.00. The number of hydrogen-bond acceptors (Lipinski definition) is 10. The molecule has 6 rings (SSSR count). The predicted molar refractivity (Wildman–Crippen MR) is 178 cm³/mol. The Hall–Kier alpha value is -3.70. The van der Waals surface area contributed by atoms with Crippen molar-refractivity contribution in [3.63, 3.8) is 0 Å². The summed E-state index contributed by atoms with van der Waals surface area (Å²) in [5.41, 5.74) is 5.95. The summed E-state index contributed by atoms with van der Waals surface area (Å²) >= 11 is 5.20. The Morgan fingerprint density at radius 3 is 1.43 bits per heavy atom. The monoisotopic (exact) mass is 626 g/mol. The van der Waals surface area contributed by atoms with Crippen molar-refractivity contribution in [3.05, 3.63) is 108 Å². The molecule has 4 aromatic carbocycles. The fourth-order valence-electron chi connectivity index (χ4n) is 4.32. The minimum atomic E-state index is -0.0708. The van der Waals surface area contributed by atoms with Crippen LogP contribution in [0.15, 0.2) is 106 Å². The number of anilines is 2. The third-order valence-corrected chi connectivity index (χ3v) is 10.4. The van der Waals surface area contributed by atoms with Crippen LogP contribution in [0.5, 0.6) is 0 Å². The number of thiazole rings is 2. The van der Waals surface area contributed by atoms with Crippen LogP contribution in [-0.2, 0) is 22.7 Å². The number of carbonyl (C=O) groups is 2. The number of carbonyl (C=O) groups excluding carboxylic acids is 2. The molecule has 2 aromatic heterocycles. The molecule has 42 heavy (non-hydrogen) atoms. The van der Waals surface area contributed by atoms with E-state index in [1.165, 1.54) is 33.8 Å². The van der Waals surface area contributed by atoms with Gasteiger partial charge in [0.1, 0.15) is 11.0 Å². The Kier molecular flexibility index (Phi) is 9.15. The van der Waals surface area contributed by atoms with E-state index in [1.54, 1.807) is 0 Å². The molecule has 210 valence electrons. The van der Waals surface area contributed by atoms with Crippen molar-refractivity contribution in [3.8, 4) is 0 Å². The molecule has 0 aliphatic rings. The number of rotatable bonds is 11. The van der Waals surface area contributed by atoms with Crippen LogP contribution in [0.3, 0.4) is 0 Å². The molecular formula is C32H26N4O2S4. The molecule has 0 saturated carbocycles. The molecule has 0 amide bonds. The quantitative estimate of drug-likeness (QED) is 0.138. The van der Waals surface area contributed by atoms with Gasteiger partial charge in [0.05, 0.1) is 20.8 Å². The Morgan fingerprint density at radius 2 is 1.00 bits per heavy atom. The van der Waals surface area contributed by atoms with Crippen LogP contribution in [0.2, 0.25) is 0 Å². The molecule has 0 unspecified atom stereocenters. The van der Waals surface area contributed by atoms with Crippen molar-refractivity contribution in [2.45, 2.75) is 34.6 Å². The van der Waals surface area contributed by atoms with E-state index in [4.69, 9.17) is 9.97 Å². The summed E-state index contributed by atoms with van der Waals surface area (Å²) < 4.78 is 3.41. The first-order chi connectivity index (χ1) is 20.6. The maximum absolute atomic E-state index is 12.7. The molecule has 0 atom stereocenters. The van der Waals surface area contributed by atoms with Crippen molar-refractivity contribution in [1.82, 2.24) is 9.97 Å². The Balaban J connectivity index is 1.02. The van der Waals surface area contributed by atoms with Gasteiger partial charge in [-0.25, -0.2) is 9.97 Å². The number of para-hydroxylation sites is 2. The van der Waals surface area contributed by atoms with Gasteiger partial charge in [-0.2, -0.15) is 0 Å². The first kappa shape index (κ1) is 28.4. The topological polar surface area (TPSA) is 84.0 Å². The number of nitrogens with one attached hydrogen (secondary N) is 2. The van der Waals surface area contributed by atoms with Crippen LogP contribution in [0.1, 0.15) is 24.0 Å². The zero-order valence-corrected chi connectivity index (χ0v) is 25.7. The van der Waals surface area contributed by atoms with Gasteiger partial charge in [0.2, 0.25) is 0 Å². The number of benzene rings is 4. The summed E-state index contributed by atoms with van der Waals surface area (Å²) in [5, 5.41) is 6.77. The van der Waals surface area contributed by atoms with Gasteiger partial charge >= 0.3 is 0 Å². The van der Waals surface area contributed by atoms with Gasteiger partial charge in [-0.05, 0) is 58.9 Å². The van der Waals surface area contributed by atoms with E-state index < -0.39 is 0 Å². The van der Waals surface area contributed by atoms with Crippen LogP contribution >= 0.6 is 46.2 Å². The standard InChI is InChI=1S/C32H26N4O2S4/c37-27(41-31-35-29-23(13-7-15-25(29)39-31)33-19-21-9-3-1-4-10-21)17-18-28(38)42-32-36-30-24(14-8-16-26(30)40-32)34-20-22-11-5-2-6-12-22/h1-16,33-34H,17-20H2. The second-order valence-electron chi connectivity index (χ2n) is 9.39. The summed E-state index contributed by atoms with van der Waals surface area (Å²) in [7, 11) is 0. The van der Waals surface area contributed by atoms with Gasteiger partial charge in [0.25, 0.3) is 0 Å². The lowest BCUT2D eigenvalue weighted by molar-refractivity contribution is -0.115. The zero-order chi connectivity index (χ0) is 28.7. The van der Waals surface area contributed by atoms with Crippen molar-refractivity contribution in [2.75, 3.05) is 10.6 Å². The van der Waals surface area contributed by atoms with Crippen LogP contribution in [0.25, 0.3) is 20.4 Å². The highest BCUT2D eigenvalue weighted by atomic mass is 32.2. The number of hydrogen-bond donors (Lipinski definition) is 2. The van der Waals surface area contributed by atoms with Crippen molar-refractivity contribution >= 4 is 88.2 Å². The number of aromatic nitrogens is 2. The van der Waals surface area contributed by atoms with Crippen LogP contribution in [0, 0.1) is 0 Å². The highest BCUT2D eigenvalue weighted by Gasteiger charge is 2.16. The maximum Gasteiger partial charge on any atom is 0.196 e. The van der Waals surface area contributed by atoms with E-state index in [1.807, 2.05) is 72.8 Å². The first-order valence-electron chi connectivity index (χ1n) is 13.4. The molecule has 6 aromatic rings. The van der Waals surface area contributed by atoms with Crippen LogP contribution < -0.4 is 10.6 Å². The molecule has 10 heteroatoms. The number of thioether (sulfide) groups is 2. The first-order valence-corrected chi connectivity index (χ1v) is 16.6. The van der Waals surface area contributed by atoms with Gasteiger partial charge < -0.3 is 10.6 Å². The third kappa shape index (κ3) is 7.19. The summed E-state index contributed by atoms with van der Waals surface area (Å²) in [5.74, 6) is 0. The fourth-order valence-corrected chi connectivity index (χ4v) is 8.27. The van der Waals surface area contributed by atoms with Gasteiger partial charge in [-0.15, -0.1) is 22.7 Å². The minimum Gasteiger partial charge on any atom is -0.379 e. The van der Waals surface area contributed by atoms with E-state index in [9.17, 15) is 9.59 Å². The van der Waals surface area contributed by atoms with Gasteiger partial charge in [-0.1, -0.05) is 72.8 Å². The second-order valence-corrected chi connectivity index (χ2v) is 14.1. The van der Waals surface area contributed by atoms with Crippen LogP contribution in [-0.4, -0.2) is 20.2 Å².